The first-order valence-electron chi connectivity index (χ1n) is 6.15. The number of fused-ring (bicyclic) bond motifs is 1. The molecule has 3 N–H and O–H groups in total. The molecule has 8 heteroatoms. The van der Waals surface area contributed by atoms with Gasteiger partial charge >= 0.3 is 0 Å². The Hall–Kier alpha value is -1.74. The topological polar surface area (TPSA) is 110 Å². The Kier molecular flexibility index (Phi) is 3.30. The van der Waals surface area contributed by atoms with Crippen LogP contribution in [0.5, 0.6) is 5.88 Å². The second-order valence-electron chi connectivity index (χ2n) is 4.57. The van der Waals surface area contributed by atoms with Crippen LogP contribution in [0, 0.1) is 0 Å². The lowest BCUT2D eigenvalue weighted by Crippen LogP contribution is -2.33. The van der Waals surface area contributed by atoms with Gasteiger partial charge in [0.25, 0.3) is 0 Å². The van der Waals surface area contributed by atoms with E-state index in [1.54, 1.807) is 16.8 Å². The van der Waals surface area contributed by atoms with Crippen molar-refractivity contribution >= 4 is 11.0 Å². The summed E-state index contributed by atoms with van der Waals surface area (Å²) in [5, 5.41) is 29.6. The third kappa shape index (κ3) is 1.85. The minimum atomic E-state index is -1.15. The van der Waals surface area contributed by atoms with Gasteiger partial charge < -0.3 is 29.4 Å². The van der Waals surface area contributed by atoms with E-state index in [4.69, 9.17) is 14.6 Å². The van der Waals surface area contributed by atoms with Crippen molar-refractivity contribution in [2.75, 3.05) is 13.7 Å². The molecule has 3 rings (SSSR count). The Morgan fingerprint density at radius 3 is 2.80 bits per heavy atom. The first-order chi connectivity index (χ1) is 9.67. The van der Waals surface area contributed by atoms with Crippen molar-refractivity contribution in [1.29, 1.82) is 0 Å². The third-order valence-corrected chi connectivity index (χ3v) is 3.46. The van der Waals surface area contributed by atoms with Crippen molar-refractivity contribution in [2.45, 2.75) is 24.5 Å². The summed E-state index contributed by atoms with van der Waals surface area (Å²) in [6, 6.07) is 1.74. The van der Waals surface area contributed by atoms with Gasteiger partial charge in [0.1, 0.15) is 30.3 Å². The number of rotatable bonds is 3. The standard InChI is InChI=1S/C12H15N3O5/c1-19-11-6-2-3-15(10(6)13-5-14-11)12-9(18)8(17)7(4-16)20-12/h2-3,5,7-9,12,16-18H,4H2,1H3/t7?,8-,9-,12-/m1/s1. The molecule has 0 aliphatic carbocycles. The molecule has 1 aliphatic heterocycles. The van der Waals surface area contributed by atoms with Crippen molar-refractivity contribution in [3.05, 3.63) is 18.6 Å². The fourth-order valence-corrected chi connectivity index (χ4v) is 2.43. The average molecular weight is 281 g/mol. The van der Waals surface area contributed by atoms with E-state index in [2.05, 4.69) is 9.97 Å². The number of hydrogen-bond donors (Lipinski definition) is 3. The SMILES string of the molecule is COc1ncnc2c1ccn2[C@@H]1OC(CO)[C@@H](O)[C@H]1O. The minimum absolute atomic E-state index is 0.369. The molecule has 0 radical (unpaired) electrons. The van der Waals surface area contributed by atoms with Gasteiger partial charge in [-0.15, -0.1) is 0 Å². The molecular formula is C12H15N3O5. The molecule has 2 aromatic heterocycles. The number of hydrogen-bond acceptors (Lipinski definition) is 7. The zero-order valence-corrected chi connectivity index (χ0v) is 10.7. The first-order valence-corrected chi connectivity index (χ1v) is 6.15. The summed E-state index contributed by atoms with van der Waals surface area (Å²) in [6.07, 6.45) is -0.924. The van der Waals surface area contributed by atoms with Crippen LogP contribution in [0.1, 0.15) is 6.23 Å². The van der Waals surface area contributed by atoms with Crippen LogP contribution in [0.4, 0.5) is 0 Å². The summed E-state index contributed by atoms with van der Waals surface area (Å²) in [5.41, 5.74) is 0.520. The minimum Gasteiger partial charge on any atom is -0.480 e. The fraction of sp³-hybridized carbons (Fsp3) is 0.500. The van der Waals surface area contributed by atoms with Crippen LogP contribution < -0.4 is 4.74 Å². The number of aromatic nitrogens is 3. The van der Waals surface area contributed by atoms with Gasteiger partial charge in [-0.1, -0.05) is 0 Å². The summed E-state index contributed by atoms with van der Waals surface area (Å²) >= 11 is 0. The molecule has 1 aliphatic rings. The Labute approximate surface area is 114 Å². The van der Waals surface area contributed by atoms with E-state index in [1.165, 1.54) is 13.4 Å². The summed E-state index contributed by atoms with van der Waals surface area (Å²) in [5.74, 6) is 0.417. The molecule has 8 nitrogen and oxygen atoms in total. The van der Waals surface area contributed by atoms with Gasteiger partial charge in [-0.3, -0.25) is 0 Å². The monoisotopic (exact) mass is 281 g/mol. The van der Waals surface area contributed by atoms with Crippen molar-refractivity contribution in [1.82, 2.24) is 14.5 Å². The molecule has 1 saturated heterocycles. The first kappa shape index (κ1) is 13.3. The molecule has 0 aromatic carbocycles. The van der Waals surface area contributed by atoms with E-state index in [0.29, 0.717) is 16.9 Å². The zero-order chi connectivity index (χ0) is 14.3. The van der Waals surface area contributed by atoms with Gasteiger partial charge in [0.2, 0.25) is 5.88 Å². The summed E-state index contributed by atoms with van der Waals surface area (Å²) in [7, 11) is 1.51. The summed E-state index contributed by atoms with van der Waals surface area (Å²) in [4.78, 5) is 8.13. The Balaban J connectivity index is 2.03. The number of aliphatic hydroxyl groups is 3. The lowest BCUT2D eigenvalue weighted by atomic mass is 10.1. The fourth-order valence-electron chi connectivity index (χ4n) is 2.43. The van der Waals surface area contributed by atoms with Crippen LogP contribution in [0.2, 0.25) is 0 Å². The Morgan fingerprint density at radius 2 is 2.15 bits per heavy atom. The van der Waals surface area contributed by atoms with Gasteiger partial charge in [-0.25, -0.2) is 9.97 Å². The van der Waals surface area contributed by atoms with Gasteiger partial charge in [-0.2, -0.15) is 0 Å². The van der Waals surface area contributed by atoms with Crippen molar-refractivity contribution in [2.24, 2.45) is 0 Å². The molecular weight excluding hydrogens is 266 g/mol. The highest BCUT2D eigenvalue weighted by Gasteiger charge is 2.43. The predicted molar refractivity (Wildman–Crippen MR) is 67.1 cm³/mol. The highest BCUT2D eigenvalue weighted by atomic mass is 16.6. The van der Waals surface area contributed by atoms with Gasteiger partial charge in [-0.05, 0) is 6.07 Å². The second kappa shape index (κ2) is 4.98. The lowest BCUT2D eigenvalue weighted by molar-refractivity contribution is -0.0508. The van der Waals surface area contributed by atoms with Crippen LogP contribution >= 0.6 is 0 Å². The highest BCUT2D eigenvalue weighted by Crippen LogP contribution is 2.33. The normalized spacial score (nSPS) is 30.0. The van der Waals surface area contributed by atoms with E-state index in [-0.39, 0.29) is 6.61 Å². The smallest absolute Gasteiger partial charge is 0.225 e. The summed E-state index contributed by atoms with van der Waals surface area (Å²) < 4.78 is 12.2. The van der Waals surface area contributed by atoms with Crippen LogP contribution in [0.25, 0.3) is 11.0 Å². The maximum atomic E-state index is 10.0. The van der Waals surface area contributed by atoms with Crippen molar-refractivity contribution in [3.63, 3.8) is 0 Å². The summed E-state index contributed by atoms with van der Waals surface area (Å²) in [6.45, 7) is -0.369. The number of ether oxygens (including phenoxy) is 2. The predicted octanol–water partition coefficient (Wildman–Crippen LogP) is -0.949. The van der Waals surface area contributed by atoms with Gasteiger partial charge in [0, 0.05) is 6.20 Å². The van der Waals surface area contributed by atoms with Crippen LogP contribution in [-0.4, -0.2) is 61.9 Å². The molecule has 0 spiro atoms. The van der Waals surface area contributed by atoms with E-state index >= 15 is 0 Å². The van der Waals surface area contributed by atoms with Crippen molar-refractivity contribution < 1.29 is 24.8 Å². The molecule has 20 heavy (non-hydrogen) atoms. The number of aliphatic hydroxyl groups excluding tert-OH is 3. The lowest BCUT2D eigenvalue weighted by Gasteiger charge is -2.17. The van der Waals surface area contributed by atoms with E-state index < -0.39 is 24.5 Å². The molecule has 0 saturated carbocycles. The largest absolute Gasteiger partial charge is 0.480 e. The number of methoxy groups -OCH3 is 1. The molecule has 3 heterocycles. The zero-order valence-electron chi connectivity index (χ0n) is 10.7. The average Bonchev–Trinajstić information content (AvgIpc) is 3.01. The van der Waals surface area contributed by atoms with E-state index in [0.717, 1.165) is 0 Å². The molecule has 4 atom stereocenters. The maximum Gasteiger partial charge on any atom is 0.225 e. The molecule has 0 bridgehead atoms. The molecule has 1 unspecified atom stereocenters. The molecule has 108 valence electrons. The van der Waals surface area contributed by atoms with E-state index in [1.807, 2.05) is 0 Å². The van der Waals surface area contributed by atoms with Crippen molar-refractivity contribution in [3.8, 4) is 5.88 Å². The molecule has 1 fully saturated rings. The quantitative estimate of drug-likeness (QED) is 0.665. The number of nitrogens with zero attached hydrogens (tertiary/aromatic N) is 3. The van der Waals surface area contributed by atoms with Crippen LogP contribution in [-0.2, 0) is 4.74 Å². The van der Waals surface area contributed by atoms with E-state index in [9.17, 15) is 10.2 Å². The Morgan fingerprint density at radius 1 is 1.35 bits per heavy atom. The molecule has 0 amide bonds. The second-order valence-corrected chi connectivity index (χ2v) is 4.57. The Bertz CT molecular complexity index is 616. The third-order valence-electron chi connectivity index (χ3n) is 3.46. The maximum absolute atomic E-state index is 10.0. The highest BCUT2D eigenvalue weighted by molar-refractivity contribution is 5.81. The van der Waals surface area contributed by atoms with Crippen LogP contribution in [0.3, 0.4) is 0 Å². The van der Waals surface area contributed by atoms with Gasteiger partial charge in [0.05, 0.1) is 19.1 Å². The van der Waals surface area contributed by atoms with Gasteiger partial charge in [0.15, 0.2) is 6.23 Å². The van der Waals surface area contributed by atoms with Crippen LogP contribution in [0.15, 0.2) is 18.6 Å². The molecule has 2 aromatic rings.